The van der Waals surface area contributed by atoms with Crippen molar-refractivity contribution in [1.82, 2.24) is 29.3 Å². The molecule has 2 aromatic heterocycles. The molecule has 0 radical (unpaired) electrons. The number of benzene rings is 2. The Morgan fingerprint density at radius 1 is 0.886 bits per heavy atom. The third-order valence-electron chi connectivity index (χ3n) is 6.77. The predicted octanol–water partition coefficient (Wildman–Crippen LogP) is 2.74. The summed E-state index contributed by atoms with van der Waals surface area (Å²) in [4.78, 5) is 11.1. The average Bonchev–Trinajstić information content (AvgIpc) is 3.33. The Kier molecular flexibility index (Phi) is 5.45. The first-order valence-corrected chi connectivity index (χ1v) is 13.1. The van der Waals surface area contributed by atoms with Crippen LogP contribution < -0.4 is 4.90 Å². The summed E-state index contributed by atoms with van der Waals surface area (Å²) in [5.74, 6) is 0.208. The number of aryl methyl sites for hydroxylation is 2. The van der Waals surface area contributed by atoms with E-state index in [0.29, 0.717) is 53.7 Å². The zero-order chi connectivity index (χ0) is 24.0. The maximum Gasteiger partial charge on any atom is 0.243 e. The summed E-state index contributed by atoms with van der Waals surface area (Å²) in [6, 6.07) is 11.6. The number of anilines is 1. The van der Waals surface area contributed by atoms with Crippen molar-refractivity contribution in [3.05, 3.63) is 65.7 Å². The lowest BCUT2D eigenvalue weighted by Crippen LogP contribution is -2.49. The number of sulfonamides is 1. The van der Waals surface area contributed by atoms with Crippen molar-refractivity contribution in [3.8, 4) is 5.69 Å². The van der Waals surface area contributed by atoms with Gasteiger partial charge in [-0.3, -0.25) is 0 Å². The van der Waals surface area contributed by atoms with Crippen LogP contribution in [0.4, 0.5) is 10.2 Å². The predicted molar refractivity (Wildman–Crippen MR) is 128 cm³/mol. The fraction of sp³-hybridized carbons (Fsp3) is 0.333. The quantitative estimate of drug-likeness (QED) is 0.431. The van der Waals surface area contributed by atoms with Gasteiger partial charge in [-0.1, -0.05) is 17.3 Å². The Balaban J connectivity index is 1.23. The van der Waals surface area contributed by atoms with Crippen LogP contribution >= 0.6 is 0 Å². The van der Waals surface area contributed by atoms with E-state index in [1.165, 1.54) is 33.0 Å². The average molecular weight is 494 g/mol. The second kappa shape index (κ2) is 8.65. The van der Waals surface area contributed by atoms with E-state index in [-0.39, 0.29) is 5.82 Å². The van der Waals surface area contributed by atoms with Gasteiger partial charge in [0.1, 0.15) is 12.1 Å². The number of hydrogen-bond donors (Lipinski definition) is 0. The molecule has 0 atom stereocenters. The minimum atomic E-state index is -3.57. The van der Waals surface area contributed by atoms with E-state index in [9.17, 15) is 12.8 Å². The number of piperazine rings is 1. The molecule has 1 aliphatic heterocycles. The zero-order valence-corrected chi connectivity index (χ0v) is 19.8. The van der Waals surface area contributed by atoms with Gasteiger partial charge >= 0.3 is 0 Å². The minimum absolute atomic E-state index is 0.336. The SMILES string of the molecule is O=S(=O)(c1ccc2c(c1)CCCC2)N1CCN(c2ncnc3c2nnn3-c2cccc(F)c2)CC1. The Morgan fingerprint density at radius 3 is 2.49 bits per heavy atom. The molecule has 1 aliphatic carbocycles. The molecule has 180 valence electrons. The van der Waals surface area contributed by atoms with Gasteiger partial charge in [0.2, 0.25) is 10.0 Å². The molecule has 3 heterocycles. The van der Waals surface area contributed by atoms with Crippen LogP contribution in [0.3, 0.4) is 0 Å². The van der Waals surface area contributed by atoms with E-state index in [0.717, 1.165) is 31.2 Å². The molecule has 2 aliphatic rings. The first-order chi connectivity index (χ1) is 17.0. The van der Waals surface area contributed by atoms with Gasteiger partial charge in [0, 0.05) is 26.2 Å². The van der Waals surface area contributed by atoms with Crippen molar-refractivity contribution in [3.63, 3.8) is 0 Å². The Hall–Kier alpha value is -3.44. The van der Waals surface area contributed by atoms with Crippen LogP contribution in [0.15, 0.2) is 53.7 Å². The van der Waals surface area contributed by atoms with Crippen LogP contribution in [0.1, 0.15) is 24.0 Å². The molecule has 6 rings (SSSR count). The highest BCUT2D eigenvalue weighted by atomic mass is 32.2. The van der Waals surface area contributed by atoms with Crippen molar-refractivity contribution in [2.24, 2.45) is 0 Å². The molecule has 0 N–H and O–H groups in total. The Morgan fingerprint density at radius 2 is 1.69 bits per heavy atom. The van der Waals surface area contributed by atoms with Crippen molar-refractivity contribution < 1.29 is 12.8 Å². The lowest BCUT2D eigenvalue weighted by molar-refractivity contribution is 0.384. The molecular weight excluding hydrogens is 469 g/mol. The number of fused-ring (bicyclic) bond motifs is 2. The van der Waals surface area contributed by atoms with E-state index in [1.54, 1.807) is 18.2 Å². The van der Waals surface area contributed by atoms with Crippen LogP contribution in [0.25, 0.3) is 16.9 Å². The topological polar surface area (TPSA) is 97.1 Å². The highest BCUT2D eigenvalue weighted by Crippen LogP contribution is 2.28. The first-order valence-electron chi connectivity index (χ1n) is 11.7. The molecule has 0 unspecified atom stereocenters. The van der Waals surface area contributed by atoms with Crippen LogP contribution in [0, 0.1) is 5.82 Å². The summed E-state index contributed by atoms with van der Waals surface area (Å²) in [6.07, 6.45) is 5.64. The van der Waals surface area contributed by atoms with Gasteiger partial charge in [0.15, 0.2) is 17.0 Å². The summed E-state index contributed by atoms with van der Waals surface area (Å²) in [7, 11) is -3.57. The highest BCUT2D eigenvalue weighted by molar-refractivity contribution is 7.89. The second-order valence-electron chi connectivity index (χ2n) is 8.88. The van der Waals surface area contributed by atoms with Gasteiger partial charge in [0.05, 0.1) is 10.6 Å². The molecule has 4 aromatic rings. The van der Waals surface area contributed by atoms with E-state index in [4.69, 9.17) is 0 Å². The van der Waals surface area contributed by atoms with Crippen LogP contribution in [0.5, 0.6) is 0 Å². The van der Waals surface area contributed by atoms with Crippen LogP contribution in [-0.2, 0) is 22.9 Å². The molecule has 9 nitrogen and oxygen atoms in total. The summed E-state index contributed by atoms with van der Waals surface area (Å²) >= 11 is 0. The number of nitrogens with zero attached hydrogens (tertiary/aromatic N) is 7. The monoisotopic (exact) mass is 493 g/mol. The molecule has 0 bridgehead atoms. The zero-order valence-electron chi connectivity index (χ0n) is 19.0. The first kappa shape index (κ1) is 22.1. The third kappa shape index (κ3) is 3.94. The number of aromatic nitrogens is 5. The molecule has 35 heavy (non-hydrogen) atoms. The highest BCUT2D eigenvalue weighted by Gasteiger charge is 2.31. The normalized spacial score (nSPS) is 17.0. The molecule has 1 fully saturated rings. The van der Waals surface area contributed by atoms with Crippen LogP contribution in [-0.4, -0.2) is 63.9 Å². The van der Waals surface area contributed by atoms with Crippen molar-refractivity contribution in [2.75, 3.05) is 31.1 Å². The van der Waals surface area contributed by atoms with Gasteiger partial charge in [-0.2, -0.15) is 8.99 Å². The second-order valence-corrected chi connectivity index (χ2v) is 10.8. The summed E-state index contributed by atoms with van der Waals surface area (Å²) in [5, 5.41) is 8.40. The smallest absolute Gasteiger partial charge is 0.243 e. The maximum atomic E-state index is 13.7. The fourth-order valence-corrected chi connectivity index (χ4v) is 6.38. The standard InChI is InChI=1S/C24H24FN7O2S/c25-19-6-3-7-20(15-19)32-24-22(28-29-32)23(26-16-27-24)30-10-12-31(13-11-30)35(33,34)21-9-8-17-4-1-2-5-18(17)14-21/h3,6-9,14-16H,1-2,4-5,10-13H2. The largest absolute Gasteiger partial charge is 0.352 e. The van der Waals surface area contributed by atoms with Crippen molar-refractivity contribution in [1.29, 1.82) is 0 Å². The molecule has 0 spiro atoms. The van der Waals surface area contributed by atoms with Gasteiger partial charge in [-0.05, 0) is 67.1 Å². The van der Waals surface area contributed by atoms with E-state index >= 15 is 0 Å². The van der Waals surface area contributed by atoms with E-state index in [2.05, 4.69) is 20.3 Å². The van der Waals surface area contributed by atoms with Gasteiger partial charge in [-0.15, -0.1) is 5.10 Å². The third-order valence-corrected chi connectivity index (χ3v) is 8.66. The van der Waals surface area contributed by atoms with E-state index in [1.807, 2.05) is 17.0 Å². The lowest BCUT2D eigenvalue weighted by Gasteiger charge is -2.34. The van der Waals surface area contributed by atoms with E-state index < -0.39 is 10.0 Å². The molecule has 11 heteroatoms. The molecular formula is C24H24FN7O2S. The lowest BCUT2D eigenvalue weighted by atomic mass is 9.92. The number of halogens is 1. The molecule has 2 aromatic carbocycles. The van der Waals surface area contributed by atoms with Gasteiger partial charge in [-0.25, -0.2) is 22.8 Å². The minimum Gasteiger partial charge on any atom is -0.352 e. The van der Waals surface area contributed by atoms with Crippen molar-refractivity contribution in [2.45, 2.75) is 30.6 Å². The summed E-state index contributed by atoms with van der Waals surface area (Å²) < 4.78 is 43.4. The number of hydrogen-bond acceptors (Lipinski definition) is 7. The fourth-order valence-electron chi connectivity index (χ4n) is 4.91. The molecule has 1 saturated heterocycles. The van der Waals surface area contributed by atoms with Crippen LogP contribution in [0.2, 0.25) is 0 Å². The van der Waals surface area contributed by atoms with Gasteiger partial charge in [0.25, 0.3) is 0 Å². The maximum absolute atomic E-state index is 13.7. The number of rotatable bonds is 4. The molecule has 0 saturated carbocycles. The summed E-state index contributed by atoms with van der Waals surface area (Å²) in [5.41, 5.74) is 3.88. The Bertz CT molecular complexity index is 1510. The van der Waals surface area contributed by atoms with Crippen molar-refractivity contribution >= 4 is 27.0 Å². The summed E-state index contributed by atoms with van der Waals surface area (Å²) in [6.45, 7) is 1.60. The molecule has 0 amide bonds. The van der Waals surface area contributed by atoms with Gasteiger partial charge < -0.3 is 4.90 Å². The Labute approximate surface area is 202 Å².